The van der Waals surface area contributed by atoms with Gasteiger partial charge in [-0.25, -0.2) is 0 Å². The van der Waals surface area contributed by atoms with E-state index in [1.807, 2.05) is 12.1 Å². The average Bonchev–Trinajstić information content (AvgIpc) is 2.77. The Balaban J connectivity index is 0.00000162. The molecule has 1 aromatic carbocycles. The largest absolute Gasteiger partial charge is 0.416 e. The lowest BCUT2D eigenvalue weighted by atomic mass is 10.2. The normalized spacial score (nSPS) is 10.1. The van der Waals surface area contributed by atoms with E-state index in [2.05, 4.69) is 38.3 Å². The van der Waals surface area contributed by atoms with Crippen LogP contribution in [0.3, 0.4) is 0 Å². The van der Waals surface area contributed by atoms with Crippen LogP contribution in [0.5, 0.6) is 0 Å². The zero-order valence-electron chi connectivity index (χ0n) is 9.51. The molecule has 0 bridgehead atoms. The fourth-order valence-electron chi connectivity index (χ4n) is 1.25. The third kappa shape index (κ3) is 4.61. The van der Waals surface area contributed by atoms with Gasteiger partial charge in [0.2, 0.25) is 5.89 Å². The number of aromatic nitrogens is 2. The summed E-state index contributed by atoms with van der Waals surface area (Å²) < 4.78 is 6.50. The summed E-state index contributed by atoms with van der Waals surface area (Å²) in [6, 6.07) is 8.16. The highest BCUT2D eigenvalue weighted by molar-refractivity contribution is 9.10. The zero-order chi connectivity index (χ0) is 12.1. The van der Waals surface area contributed by atoms with Crippen molar-refractivity contribution in [1.82, 2.24) is 10.2 Å². The Hall–Kier alpha value is -0.560. The Morgan fingerprint density at radius 3 is 2.61 bits per heavy atom. The number of hydrogen-bond acceptors (Lipinski definition) is 5. The van der Waals surface area contributed by atoms with Gasteiger partial charge in [-0.1, -0.05) is 39.8 Å². The molecule has 0 amide bonds. The Kier molecular flexibility index (Phi) is 6.70. The van der Waals surface area contributed by atoms with Crippen LogP contribution < -0.4 is 5.73 Å². The monoisotopic (exact) mass is 349 g/mol. The van der Waals surface area contributed by atoms with Gasteiger partial charge in [-0.3, -0.25) is 0 Å². The first-order valence-corrected chi connectivity index (χ1v) is 6.95. The molecule has 0 aliphatic heterocycles. The molecular formula is C11H13BrClN3OS. The van der Waals surface area contributed by atoms with Crippen molar-refractivity contribution in [2.75, 3.05) is 6.54 Å². The second-order valence-corrected chi connectivity index (χ2v) is 5.26. The molecule has 0 aliphatic rings. The van der Waals surface area contributed by atoms with Crippen molar-refractivity contribution < 1.29 is 4.42 Å². The molecule has 0 saturated carbocycles. The molecule has 2 N–H and O–H groups in total. The fourth-order valence-corrected chi connectivity index (χ4v) is 2.25. The maximum Gasteiger partial charge on any atom is 0.276 e. The van der Waals surface area contributed by atoms with Gasteiger partial charge in [-0.05, 0) is 17.7 Å². The number of nitrogens with two attached hydrogens (primary N) is 1. The minimum absolute atomic E-state index is 0. The molecule has 0 aliphatic carbocycles. The molecule has 1 aromatic heterocycles. The maximum atomic E-state index is 5.42. The van der Waals surface area contributed by atoms with Crippen LogP contribution in [0.15, 0.2) is 38.4 Å². The lowest BCUT2D eigenvalue weighted by Gasteiger charge is -1.98. The minimum atomic E-state index is 0. The third-order valence-electron chi connectivity index (χ3n) is 2.08. The molecule has 0 spiro atoms. The van der Waals surface area contributed by atoms with E-state index in [9.17, 15) is 0 Å². The molecule has 7 heteroatoms. The Labute approximate surface area is 124 Å². The Morgan fingerprint density at radius 2 is 1.94 bits per heavy atom. The highest BCUT2D eigenvalue weighted by atomic mass is 79.9. The topological polar surface area (TPSA) is 64.9 Å². The molecule has 0 unspecified atom stereocenters. The number of rotatable bonds is 5. The van der Waals surface area contributed by atoms with Crippen LogP contribution in [0.25, 0.3) is 0 Å². The summed E-state index contributed by atoms with van der Waals surface area (Å²) in [4.78, 5) is 0. The molecule has 0 saturated heterocycles. The standard InChI is InChI=1S/C11H12BrN3OS.ClH/c12-9-3-1-8(2-4-9)7-17-11-15-14-10(16-11)5-6-13;/h1-4H,5-7,13H2;1H. The molecular weight excluding hydrogens is 338 g/mol. The van der Waals surface area contributed by atoms with E-state index in [4.69, 9.17) is 10.2 Å². The third-order valence-corrected chi connectivity index (χ3v) is 3.50. The first-order valence-electron chi connectivity index (χ1n) is 5.17. The van der Waals surface area contributed by atoms with Gasteiger partial charge in [-0.2, -0.15) is 0 Å². The van der Waals surface area contributed by atoms with Crippen LogP contribution in [0.2, 0.25) is 0 Å². The lowest BCUT2D eigenvalue weighted by molar-refractivity contribution is 0.414. The maximum absolute atomic E-state index is 5.42. The van der Waals surface area contributed by atoms with Crippen LogP contribution in [0.4, 0.5) is 0 Å². The predicted octanol–water partition coefficient (Wildman–Crippen LogP) is 3.05. The van der Waals surface area contributed by atoms with Crippen molar-refractivity contribution >= 4 is 40.1 Å². The highest BCUT2D eigenvalue weighted by Gasteiger charge is 2.05. The molecule has 4 nitrogen and oxygen atoms in total. The van der Waals surface area contributed by atoms with Crippen molar-refractivity contribution in [3.63, 3.8) is 0 Å². The molecule has 2 rings (SSSR count). The van der Waals surface area contributed by atoms with Crippen LogP contribution in [0, 0.1) is 0 Å². The number of halogens is 2. The van der Waals surface area contributed by atoms with E-state index in [0.29, 0.717) is 24.1 Å². The van der Waals surface area contributed by atoms with Crippen molar-refractivity contribution in [3.05, 3.63) is 40.2 Å². The predicted molar refractivity (Wildman–Crippen MR) is 78.0 cm³/mol. The van der Waals surface area contributed by atoms with E-state index >= 15 is 0 Å². The first kappa shape index (κ1) is 15.5. The summed E-state index contributed by atoms with van der Waals surface area (Å²) in [6.45, 7) is 0.527. The van der Waals surface area contributed by atoms with Gasteiger partial charge < -0.3 is 10.2 Å². The van der Waals surface area contributed by atoms with E-state index < -0.39 is 0 Å². The van der Waals surface area contributed by atoms with Gasteiger partial charge >= 0.3 is 0 Å². The summed E-state index contributed by atoms with van der Waals surface area (Å²) in [5.41, 5.74) is 6.63. The summed E-state index contributed by atoms with van der Waals surface area (Å²) in [7, 11) is 0. The van der Waals surface area contributed by atoms with Gasteiger partial charge in [0.1, 0.15) is 0 Å². The highest BCUT2D eigenvalue weighted by Crippen LogP contribution is 2.22. The summed E-state index contributed by atoms with van der Waals surface area (Å²) >= 11 is 4.93. The summed E-state index contributed by atoms with van der Waals surface area (Å²) in [5.74, 6) is 1.42. The summed E-state index contributed by atoms with van der Waals surface area (Å²) in [6.07, 6.45) is 0.631. The molecule has 2 aromatic rings. The van der Waals surface area contributed by atoms with Crippen molar-refractivity contribution in [3.8, 4) is 0 Å². The molecule has 1 heterocycles. The SMILES string of the molecule is Cl.NCCc1nnc(SCc2ccc(Br)cc2)o1. The fraction of sp³-hybridized carbons (Fsp3) is 0.273. The molecule has 0 radical (unpaired) electrons. The second-order valence-electron chi connectivity index (χ2n) is 3.42. The van der Waals surface area contributed by atoms with Crippen LogP contribution in [-0.2, 0) is 12.2 Å². The van der Waals surface area contributed by atoms with Gasteiger partial charge in [0.05, 0.1) is 0 Å². The Morgan fingerprint density at radius 1 is 1.22 bits per heavy atom. The zero-order valence-corrected chi connectivity index (χ0v) is 12.7. The quantitative estimate of drug-likeness (QED) is 0.840. The van der Waals surface area contributed by atoms with E-state index in [-0.39, 0.29) is 12.4 Å². The van der Waals surface area contributed by atoms with Crippen molar-refractivity contribution in [1.29, 1.82) is 0 Å². The molecule has 0 atom stereocenters. The van der Waals surface area contributed by atoms with Gasteiger partial charge in [-0.15, -0.1) is 22.6 Å². The van der Waals surface area contributed by atoms with Crippen LogP contribution >= 0.6 is 40.1 Å². The van der Waals surface area contributed by atoms with Gasteiger partial charge in [0.15, 0.2) is 0 Å². The van der Waals surface area contributed by atoms with E-state index in [0.717, 1.165) is 10.2 Å². The lowest BCUT2D eigenvalue weighted by Crippen LogP contribution is -2.02. The number of thioether (sulfide) groups is 1. The molecule has 0 fully saturated rings. The van der Waals surface area contributed by atoms with Crippen molar-refractivity contribution in [2.45, 2.75) is 17.4 Å². The molecule has 98 valence electrons. The minimum Gasteiger partial charge on any atom is -0.416 e. The Bertz CT molecular complexity index is 477. The second kappa shape index (κ2) is 7.78. The van der Waals surface area contributed by atoms with E-state index in [1.165, 1.54) is 17.3 Å². The first-order chi connectivity index (χ1) is 8.28. The van der Waals surface area contributed by atoms with E-state index in [1.54, 1.807) is 0 Å². The van der Waals surface area contributed by atoms with Gasteiger partial charge in [0.25, 0.3) is 5.22 Å². The summed E-state index contributed by atoms with van der Waals surface area (Å²) in [5, 5.41) is 8.45. The number of benzene rings is 1. The van der Waals surface area contributed by atoms with Crippen LogP contribution in [0.1, 0.15) is 11.5 Å². The van der Waals surface area contributed by atoms with Gasteiger partial charge in [0, 0.05) is 23.2 Å². The smallest absolute Gasteiger partial charge is 0.276 e. The number of hydrogen-bond donors (Lipinski definition) is 1. The van der Waals surface area contributed by atoms with Crippen molar-refractivity contribution in [2.24, 2.45) is 5.73 Å². The molecule has 18 heavy (non-hydrogen) atoms. The average molecular weight is 351 g/mol. The number of nitrogens with zero attached hydrogens (tertiary/aromatic N) is 2. The van der Waals surface area contributed by atoms with Crippen LogP contribution in [-0.4, -0.2) is 16.7 Å².